The molecule has 1 N–H and O–H groups in total. The van der Waals surface area contributed by atoms with Crippen molar-refractivity contribution in [3.8, 4) is 34.6 Å². The number of ether oxygens (including phenoxy) is 2. The molecule has 0 radical (unpaired) electrons. The summed E-state index contributed by atoms with van der Waals surface area (Å²) >= 11 is 0. The maximum Gasteiger partial charge on any atom is 0.219 e. The maximum absolute atomic E-state index is 15.6. The summed E-state index contributed by atoms with van der Waals surface area (Å²) in [6.07, 6.45) is 4.07. The molecule has 3 aromatic heterocycles. The zero-order valence-corrected chi connectivity index (χ0v) is 22.8. The van der Waals surface area contributed by atoms with Crippen LogP contribution in [0.1, 0.15) is 37.7 Å². The highest BCUT2D eigenvalue weighted by Crippen LogP contribution is 2.40. The van der Waals surface area contributed by atoms with Gasteiger partial charge in [-0.2, -0.15) is 5.26 Å². The van der Waals surface area contributed by atoms with Gasteiger partial charge in [-0.05, 0) is 44.0 Å². The molecule has 1 saturated heterocycles. The molecule has 41 heavy (non-hydrogen) atoms. The molecule has 0 amide bonds. The van der Waals surface area contributed by atoms with E-state index in [0.717, 1.165) is 36.8 Å². The summed E-state index contributed by atoms with van der Waals surface area (Å²) in [7, 11) is 1.53. The van der Waals surface area contributed by atoms with Crippen molar-refractivity contribution in [2.75, 3.05) is 26.7 Å². The number of halogens is 1. The normalized spacial score (nSPS) is 15.2. The molecule has 1 atom stereocenters. The fourth-order valence-electron chi connectivity index (χ4n) is 5.61. The van der Waals surface area contributed by atoms with Gasteiger partial charge in [0.15, 0.2) is 0 Å². The van der Waals surface area contributed by atoms with Crippen molar-refractivity contribution < 1.29 is 19.0 Å². The topological polar surface area (TPSA) is 109 Å². The van der Waals surface area contributed by atoms with E-state index in [0.29, 0.717) is 51.9 Å². The molecule has 6 rings (SSSR count). The third kappa shape index (κ3) is 5.06. The Hall–Kier alpha value is -4.59. The molecular weight excluding hydrogens is 523 g/mol. The van der Waals surface area contributed by atoms with Crippen LogP contribution in [0.4, 0.5) is 4.39 Å². The Morgan fingerprint density at radius 2 is 1.93 bits per heavy atom. The lowest BCUT2D eigenvalue weighted by Crippen LogP contribution is -2.35. The Morgan fingerprint density at radius 1 is 1.10 bits per heavy atom. The first kappa shape index (κ1) is 26.6. The van der Waals surface area contributed by atoms with E-state index in [1.807, 2.05) is 6.07 Å². The number of rotatable bonds is 7. The molecule has 0 spiro atoms. The van der Waals surface area contributed by atoms with E-state index >= 15 is 4.39 Å². The van der Waals surface area contributed by atoms with Crippen molar-refractivity contribution in [2.45, 2.75) is 31.9 Å². The Morgan fingerprint density at radius 3 is 2.63 bits per heavy atom. The number of likely N-dealkylation sites (tertiary alicyclic amines) is 1. The summed E-state index contributed by atoms with van der Waals surface area (Å²) in [5.74, 6) is 1.50. The number of aromatic nitrogens is 4. The Labute approximate surface area is 236 Å². The van der Waals surface area contributed by atoms with E-state index in [2.05, 4.69) is 25.5 Å². The van der Waals surface area contributed by atoms with Gasteiger partial charge in [0.05, 0.1) is 37.0 Å². The van der Waals surface area contributed by atoms with Crippen molar-refractivity contribution in [3.05, 3.63) is 72.6 Å². The molecule has 1 unspecified atom stereocenters. The van der Waals surface area contributed by atoms with Gasteiger partial charge in [-0.1, -0.05) is 6.07 Å². The maximum atomic E-state index is 15.6. The Kier molecular flexibility index (Phi) is 7.22. The molecule has 10 heteroatoms. The molecular formula is C31H29FN6O3. The standard InChI is InChI=1S/C31H29FN6O3/c1-19(39)31-36-27-18-35-26-17-25(32)23(16-24(26)30(27)38(31)20-8-12-37(13-9-20)14-10-33)22-7-6-21(15-28(22)40-2)41-29-5-3-4-11-34-29/h3-7,11,15-20,39H,8-9,12-14H2,1-2H3. The van der Waals surface area contributed by atoms with Crippen molar-refractivity contribution in [1.29, 1.82) is 5.26 Å². The predicted molar refractivity (Wildman–Crippen MR) is 152 cm³/mol. The first-order chi connectivity index (χ1) is 20.0. The molecule has 1 fully saturated rings. The lowest BCUT2D eigenvalue weighted by atomic mass is 10.00. The molecule has 208 valence electrons. The number of methoxy groups -OCH3 is 1. The van der Waals surface area contributed by atoms with Crippen LogP contribution in [0.25, 0.3) is 33.1 Å². The van der Waals surface area contributed by atoms with E-state index in [1.165, 1.54) is 13.2 Å². The largest absolute Gasteiger partial charge is 0.496 e. The van der Waals surface area contributed by atoms with Crippen LogP contribution in [0.5, 0.6) is 17.4 Å². The van der Waals surface area contributed by atoms with Gasteiger partial charge in [-0.15, -0.1) is 0 Å². The first-order valence-electron chi connectivity index (χ1n) is 13.5. The van der Waals surface area contributed by atoms with Crippen molar-refractivity contribution in [1.82, 2.24) is 24.4 Å². The second kappa shape index (κ2) is 11.1. The average Bonchev–Trinajstić information content (AvgIpc) is 3.39. The highest BCUT2D eigenvalue weighted by atomic mass is 19.1. The van der Waals surface area contributed by atoms with Gasteiger partial charge in [0.25, 0.3) is 0 Å². The van der Waals surface area contributed by atoms with Gasteiger partial charge in [0.1, 0.15) is 34.8 Å². The highest BCUT2D eigenvalue weighted by molar-refractivity contribution is 6.04. The number of hydrogen-bond acceptors (Lipinski definition) is 8. The molecule has 2 aromatic carbocycles. The molecule has 4 heterocycles. The summed E-state index contributed by atoms with van der Waals surface area (Å²) in [5.41, 5.74) is 2.84. The number of nitrogens with zero attached hydrogens (tertiary/aromatic N) is 6. The van der Waals surface area contributed by atoms with E-state index in [-0.39, 0.29) is 6.04 Å². The number of aliphatic hydroxyl groups is 1. The number of pyridine rings is 2. The van der Waals surface area contributed by atoms with Gasteiger partial charge >= 0.3 is 0 Å². The van der Waals surface area contributed by atoms with E-state index in [9.17, 15) is 5.11 Å². The van der Waals surface area contributed by atoms with E-state index < -0.39 is 11.9 Å². The third-order valence-corrected chi connectivity index (χ3v) is 7.55. The minimum Gasteiger partial charge on any atom is -0.496 e. The van der Waals surface area contributed by atoms with Gasteiger partial charge in [-0.3, -0.25) is 9.88 Å². The number of hydrogen-bond donors (Lipinski definition) is 1. The zero-order valence-electron chi connectivity index (χ0n) is 22.8. The van der Waals surface area contributed by atoms with Crippen LogP contribution in [-0.4, -0.2) is 56.3 Å². The van der Waals surface area contributed by atoms with Crippen molar-refractivity contribution in [2.24, 2.45) is 0 Å². The van der Waals surface area contributed by atoms with E-state index in [1.54, 1.807) is 55.7 Å². The summed E-state index contributed by atoms with van der Waals surface area (Å²) in [4.78, 5) is 15.6. The van der Waals surface area contributed by atoms with Gasteiger partial charge < -0.3 is 19.1 Å². The Balaban J connectivity index is 1.47. The van der Waals surface area contributed by atoms with Crippen molar-refractivity contribution >= 4 is 21.9 Å². The zero-order chi connectivity index (χ0) is 28.5. The van der Waals surface area contributed by atoms with Crippen LogP contribution in [0.15, 0.2) is 60.9 Å². The molecule has 9 nitrogen and oxygen atoms in total. The number of fused-ring (bicyclic) bond motifs is 3. The van der Waals surface area contributed by atoms with Crippen molar-refractivity contribution in [3.63, 3.8) is 0 Å². The predicted octanol–water partition coefficient (Wildman–Crippen LogP) is 5.80. The SMILES string of the molecule is COc1cc(Oc2ccccn2)ccc1-c1cc2c(cc1F)ncc1nc(C(C)O)n(C3CCN(CC#N)CC3)c12. The van der Waals surface area contributed by atoms with Crippen LogP contribution >= 0.6 is 0 Å². The lowest BCUT2D eigenvalue weighted by molar-refractivity contribution is 0.166. The number of imidazole rings is 1. The minimum atomic E-state index is -0.804. The lowest BCUT2D eigenvalue weighted by Gasteiger charge is -2.32. The van der Waals surface area contributed by atoms with Gasteiger partial charge in [-0.25, -0.2) is 14.4 Å². The molecule has 0 saturated carbocycles. The smallest absolute Gasteiger partial charge is 0.219 e. The number of benzene rings is 2. The number of nitriles is 1. The van der Waals surface area contributed by atoms with E-state index in [4.69, 9.17) is 19.7 Å². The molecule has 0 aliphatic carbocycles. The minimum absolute atomic E-state index is 0.0659. The van der Waals surface area contributed by atoms with Gasteiger partial charge in [0, 0.05) is 60.0 Å². The fraction of sp³-hybridized carbons (Fsp3) is 0.290. The Bertz CT molecular complexity index is 1760. The van der Waals surface area contributed by atoms with Crippen LogP contribution in [0.2, 0.25) is 0 Å². The summed E-state index contributed by atoms with van der Waals surface area (Å²) in [6.45, 7) is 3.63. The van der Waals surface area contributed by atoms with Crippen LogP contribution in [0, 0.1) is 17.1 Å². The quantitative estimate of drug-likeness (QED) is 0.252. The molecule has 1 aliphatic heterocycles. The number of piperidine rings is 1. The molecule has 0 bridgehead atoms. The van der Waals surface area contributed by atoms with Crippen LogP contribution in [-0.2, 0) is 0 Å². The summed E-state index contributed by atoms with van der Waals surface area (Å²) < 4.78 is 29.2. The monoisotopic (exact) mass is 552 g/mol. The average molecular weight is 553 g/mol. The second-order valence-corrected chi connectivity index (χ2v) is 10.2. The second-order valence-electron chi connectivity index (χ2n) is 10.2. The first-order valence-corrected chi connectivity index (χ1v) is 13.5. The highest BCUT2D eigenvalue weighted by Gasteiger charge is 2.27. The summed E-state index contributed by atoms with van der Waals surface area (Å²) in [5, 5.41) is 20.5. The fourth-order valence-corrected chi connectivity index (χ4v) is 5.61. The summed E-state index contributed by atoms with van der Waals surface area (Å²) in [6, 6.07) is 16.1. The third-order valence-electron chi connectivity index (χ3n) is 7.55. The molecule has 1 aliphatic rings. The van der Waals surface area contributed by atoms with Crippen LogP contribution < -0.4 is 9.47 Å². The number of aliphatic hydroxyl groups excluding tert-OH is 1. The van der Waals surface area contributed by atoms with Crippen LogP contribution in [0.3, 0.4) is 0 Å². The van der Waals surface area contributed by atoms with Gasteiger partial charge in [0.2, 0.25) is 5.88 Å². The molecule has 5 aromatic rings.